The largest absolute Gasteiger partial charge is 0.348 e. The smallest absolute Gasteiger partial charge is 0.133 e. The average Bonchev–Trinajstić information content (AvgIpc) is 2.33. The lowest BCUT2D eigenvalue weighted by atomic mass is 10.0. The molecule has 0 atom stereocenters. The first-order chi connectivity index (χ1) is 9.25. The van der Waals surface area contributed by atoms with Crippen molar-refractivity contribution in [3.8, 4) is 0 Å². The Hall–Kier alpha value is -0.870. The van der Waals surface area contributed by atoms with Crippen LogP contribution >= 0.6 is 15.9 Å². The molecule has 112 valence electrons. The van der Waals surface area contributed by atoms with E-state index in [0.29, 0.717) is 6.04 Å². The third-order valence-corrected chi connectivity index (χ3v) is 3.42. The average molecular weight is 340 g/mol. The molecule has 0 radical (unpaired) electrons. The van der Waals surface area contributed by atoms with Gasteiger partial charge in [0.1, 0.15) is 5.82 Å². The van der Waals surface area contributed by atoms with E-state index in [9.17, 15) is 0 Å². The van der Waals surface area contributed by atoms with E-state index in [1.165, 1.54) is 5.56 Å². The second kappa shape index (κ2) is 7.23. The van der Waals surface area contributed by atoms with Crippen molar-refractivity contribution >= 4 is 21.7 Å². The van der Waals surface area contributed by atoms with Crippen molar-refractivity contribution < 1.29 is 0 Å². The molecule has 0 bridgehead atoms. The molecular weight excluding hydrogens is 314 g/mol. The van der Waals surface area contributed by atoms with Gasteiger partial charge in [-0.25, -0.2) is 4.98 Å². The van der Waals surface area contributed by atoms with Crippen LogP contribution < -0.4 is 10.2 Å². The van der Waals surface area contributed by atoms with Gasteiger partial charge in [0.05, 0.1) is 0 Å². The maximum Gasteiger partial charge on any atom is 0.133 e. The van der Waals surface area contributed by atoms with Crippen molar-refractivity contribution in [3.05, 3.63) is 35.0 Å². The molecule has 0 saturated carbocycles. The molecule has 4 heteroatoms. The van der Waals surface area contributed by atoms with Crippen molar-refractivity contribution in [1.82, 2.24) is 10.3 Å². The van der Waals surface area contributed by atoms with Crippen LogP contribution in [0.2, 0.25) is 0 Å². The van der Waals surface area contributed by atoms with Crippen LogP contribution in [0, 0.1) is 0 Å². The van der Waals surface area contributed by atoms with Crippen molar-refractivity contribution in [3.63, 3.8) is 0 Å². The van der Waals surface area contributed by atoms with Gasteiger partial charge < -0.3 is 10.2 Å². The Morgan fingerprint density at radius 2 is 2.10 bits per heavy atom. The second-order valence-corrected chi connectivity index (χ2v) is 7.16. The second-order valence-electron chi connectivity index (χ2n) is 6.24. The molecule has 0 aliphatic heterocycles. The Balaban J connectivity index is 3.16. The molecule has 1 aromatic rings. The van der Waals surface area contributed by atoms with E-state index in [2.05, 4.69) is 78.4 Å². The molecule has 3 nitrogen and oxygen atoms in total. The van der Waals surface area contributed by atoms with Crippen molar-refractivity contribution in [2.24, 2.45) is 0 Å². The highest BCUT2D eigenvalue weighted by Gasteiger charge is 2.24. The maximum atomic E-state index is 4.63. The van der Waals surface area contributed by atoms with Gasteiger partial charge in [-0.05, 0) is 42.8 Å². The summed E-state index contributed by atoms with van der Waals surface area (Å²) in [5.41, 5.74) is 1.20. The van der Waals surface area contributed by atoms with Gasteiger partial charge in [-0.3, -0.25) is 0 Å². The number of anilines is 1. The van der Waals surface area contributed by atoms with E-state index in [-0.39, 0.29) is 5.54 Å². The summed E-state index contributed by atoms with van der Waals surface area (Å²) in [6, 6.07) is 2.59. The number of nitrogens with one attached hydrogen (secondary N) is 1. The van der Waals surface area contributed by atoms with Crippen LogP contribution in [0.1, 0.15) is 40.2 Å². The van der Waals surface area contributed by atoms with Crippen LogP contribution in [-0.4, -0.2) is 23.1 Å². The minimum absolute atomic E-state index is 0.00159. The van der Waals surface area contributed by atoms with E-state index in [0.717, 1.165) is 23.4 Å². The van der Waals surface area contributed by atoms with E-state index >= 15 is 0 Å². The normalized spacial score (nSPS) is 11.8. The molecule has 20 heavy (non-hydrogen) atoms. The fourth-order valence-corrected chi connectivity index (χ4v) is 2.35. The summed E-state index contributed by atoms with van der Waals surface area (Å²) in [6.07, 6.45) is 3.78. The number of aromatic nitrogens is 1. The lowest BCUT2D eigenvalue weighted by Crippen LogP contribution is -2.43. The van der Waals surface area contributed by atoms with E-state index in [1.54, 1.807) is 0 Å². The lowest BCUT2D eigenvalue weighted by Gasteiger charge is -2.37. The van der Waals surface area contributed by atoms with Gasteiger partial charge in [0.15, 0.2) is 0 Å². The molecule has 1 rings (SSSR count). The SMILES string of the molecule is C=CCN(c1ncc(Br)cc1CNC(C)C)C(C)(C)C. The third-order valence-electron chi connectivity index (χ3n) is 2.99. The molecule has 1 aromatic heterocycles. The number of halogens is 1. The Morgan fingerprint density at radius 3 is 2.60 bits per heavy atom. The topological polar surface area (TPSA) is 28.2 Å². The first-order valence-electron chi connectivity index (χ1n) is 7.02. The molecule has 0 spiro atoms. The molecule has 0 amide bonds. The molecule has 0 saturated heterocycles. The minimum atomic E-state index is 0.00159. The molecule has 0 unspecified atom stereocenters. The Bertz CT molecular complexity index is 450. The highest BCUT2D eigenvalue weighted by Crippen LogP contribution is 2.27. The zero-order chi connectivity index (χ0) is 15.3. The molecule has 0 aliphatic rings. The maximum absolute atomic E-state index is 4.63. The highest BCUT2D eigenvalue weighted by molar-refractivity contribution is 9.10. The van der Waals surface area contributed by atoms with E-state index in [4.69, 9.17) is 0 Å². The van der Waals surface area contributed by atoms with Crippen molar-refractivity contribution in [1.29, 1.82) is 0 Å². The van der Waals surface area contributed by atoms with Crippen LogP contribution in [0.15, 0.2) is 29.4 Å². The van der Waals surface area contributed by atoms with Gasteiger partial charge >= 0.3 is 0 Å². The predicted molar refractivity (Wildman–Crippen MR) is 91.2 cm³/mol. The van der Waals surface area contributed by atoms with Crippen LogP contribution in [0.5, 0.6) is 0 Å². The number of nitrogens with zero attached hydrogens (tertiary/aromatic N) is 2. The zero-order valence-corrected chi connectivity index (χ0v) is 14.8. The number of pyridine rings is 1. The fourth-order valence-electron chi connectivity index (χ4n) is 1.97. The predicted octanol–water partition coefficient (Wildman–Crippen LogP) is 4.13. The Labute approximate surface area is 131 Å². The van der Waals surface area contributed by atoms with Gasteiger partial charge in [0.2, 0.25) is 0 Å². The van der Waals surface area contributed by atoms with Gasteiger partial charge in [-0.2, -0.15) is 0 Å². The summed E-state index contributed by atoms with van der Waals surface area (Å²) in [4.78, 5) is 6.91. The molecular formula is C16H26BrN3. The fraction of sp³-hybridized carbons (Fsp3) is 0.562. The summed E-state index contributed by atoms with van der Waals surface area (Å²) < 4.78 is 1.01. The van der Waals surface area contributed by atoms with Crippen molar-refractivity contribution in [2.45, 2.75) is 52.7 Å². The van der Waals surface area contributed by atoms with E-state index < -0.39 is 0 Å². The van der Waals surface area contributed by atoms with Crippen LogP contribution in [0.3, 0.4) is 0 Å². The summed E-state index contributed by atoms with van der Waals surface area (Å²) in [7, 11) is 0. The van der Waals surface area contributed by atoms with Gasteiger partial charge in [0.25, 0.3) is 0 Å². The van der Waals surface area contributed by atoms with Gasteiger partial charge in [0, 0.05) is 40.9 Å². The minimum Gasteiger partial charge on any atom is -0.348 e. The summed E-state index contributed by atoms with van der Waals surface area (Å²) in [6.45, 7) is 16.3. The molecule has 0 fully saturated rings. The highest BCUT2D eigenvalue weighted by atomic mass is 79.9. The molecule has 0 aromatic carbocycles. The monoisotopic (exact) mass is 339 g/mol. The lowest BCUT2D eigenvalue weighted by molar-refractivity contribution is 0.512. The molecule has 1 N–H and O–H groups in total. The first-order valence-corrected chi connectivity index (χ1v) is 7.81. The van der Waals surface area contributed by atoms with E-state index in [1.807, 2.05) is 12.3 Å². The molecule has 1 heterocycles. The van der Waals surface area contributed by atoms with Crippen molar-refractivity contribution in [2.75, 3.05) is 11.4 Å². The third kappa shape index (κ3) is 4.91. The van der Waals surface area contributed by atoms with Crippen LogP contribution in [0.4, 0.5) is 5.82 Å². The van der Waals surface area contributed by atoms with Crippen LogP contribution in [-0.2, 0) is 6.54 Å². The summed E-state index contributed by atoms with van der Waals surface area (Å²) >= 11 is 3.51. The number of rotatable bonds is 6. The Kier molecular flexibility index (Phi) is 6.21. The standard InChI is InChI=1S/C16H26BrN3/c1-7-8-20(16(4,5)6)15-13(10-18-12(2)3)9-14(17)11-19-15/h7,9,11-12,18H,1,8,10H2,2-6H3. The zero-order valence-electron chi connectivity index (χ0n) is 13.2. The van der Waals surface area contributed by atoms with Crippen LogP contribution in [0.25, 0.3) is 0 Å². The number of hydrogen-bond acceptors (Lipinski definition) is 3. The quantitative estimate of drug-likeness (QED) is 0.789. The summed E-state index contributed by atoms with van der Waals surface area (Å²) in [5, 5.41) is 3.46. The van der Waals surface area contributed by atoms with Gasteiger partial charge in [-0.15, -0.1) is 6.58 Å². The number of hydrogen-bond donors (Lipinski definition) is 1. The Morgan fingerprint density at radius 1 is 1.45 bits per heavy atom. The van der Waals surface area contributed by atoms with Gasteiger partial charge in [-0.1, -0.05) is 19.9 Å². The first kappa shape index (κ1) is 17.2. The summed E-state index contributed by atoms with van der Waals surface area (Å²) in [5.74, 6) is 1.02. The molecule has 0 aliphatic carbocycles.